The Morgan fingerprint density at radius 1 is 1.19 bits per heavy atom. The number of nitrogens with one attached hydrogen (secondary N) is 2. The lowest BCUT2D eigenvalue weighted by atomic mass is 10.2. The Morgan fingerprint density at radius 3 is 2.61 bits per heavy atom. The van der Waals surface area contributed by atoms with Gasteiger partial charge in [-0.2, -0.15) is 0 Å². The van der Waals surface area contributed by atoms with Crippen LogP contribution in [0.4, 0.5) is 10.1 Å². The lowest BCUT2D eigenvalue weighted by Gasteiger charge is -2.08. The van der Waals surface area contributed by atoms with Crippen LogP contribution in [0.3, 0.4) is 0 Å². The van der Waals surface area contributed by atoms with Gasteiger partial charge in [0.15, 0.2) is 11.0 Å². The summed E-state index contributed by atoms with van der Waals surface area (Å²) in [5.41, 5.74) is 0.540. The molecule has 2 N–H and O–H groups in total. The predicted molar refractivity (Wildman–Crippen MR) is 116 cm³/mol. The fourth-order valence-electron chi connectivity index (χ4n) is 2.54. The normalized spacial score (nSPS) is 10.6. The molecule has 0 radical (unpaired) electrons. The Labute approximate surface area is 187 Å². The summed E-state index contributed by atoms with van der Waals surface area (Å²) in [4.78, 5) is 24.4. The molecule has 0 saturated carbocycles. The Morgan fingerprint density at radius 2 is 1.94 bits per heavy atom. The highest BCUT2D eigenvalue weighted by molar-refractivity contribution is 7.99. The lowest BCUT2D eigenvalue weighted by Crippen LogP contribution is -2.24. The van der Waals surface area contributed by atoms with E-state index in [-0.39, 0.29) is 28.9 Å². The number of amides is 2. The van der Waals surface area contributed by atoms with E-state index in [0.717, 1.165) is 17.8 Å². The number of carbonyl (C=O) groups is 2. The number of hydrogen-bond donors (Lipinski definition) is 2. The molecule has 0 aliphatic carbocycles. The first-order valence-electron chi connectivity index (χ1n) is 9.05. The molecule has 8 nitrogen and oxygen atoms in total. The number of thioether (sulfide) groups is 1. The minimum Gasteiger partial charge on any atom is -0.497 e. The molecule has 162 valence electrons. The second-order valence-corrected chi connectivity index (χ2v) is 7.71. The van der Waals surface area contributed by atoms with Crippen LogP contribution in [0.5, 0.6) is 5.75 Å². The van der Waals surface area contributed by atoms with Gasteiger partial charge in [0.1, 0.15) is 11.6 Å². The number of aromatic nitrogens is 3. The van der Waals surface area contributed by atoms with Crippen LogP contribution in [0.15, 0.2) is 47.6 Å². The van der Waals surface area contributed by atoms with Crippen LogP contribution in [-0.4, -0.2) is 39.4 Å². The van der Waals surface area contributed by atoms with Crippen LogP contribution in [0, 0.1) is 5.82 Å². The number of ether oxygens (including phenoxy) is 1. The molecule has 11 heteroatoms. The smallest absolute Gasteiger partial charge is 0.251 e. The van der Waals surface area contributed by atoms with E-state index >= 15 is 0 Å². The molecule has 0 fully saturated rings. The van der Waals surface area contributed by atoms with Gasteiger partial charge in [-0.15, -0.1) is 10.2 Å². The fourth-order valence-corrected chi connectivity index (χ4v) is 3.42. The summed E-state index contributed by atoms with van der Waals surface area (Å²) in [6.45, 7) is 0.164. The SMILES string of the molecule is COc1ccc(C(=O)NCc2nnc(SCC(=O)Nc3ccc(Cl)cc3F)n2C)cc1. The van der Waals surface area contributed by atoms with Crippen LogP contribution in [0.25, 0.3) is 0 Å². The van der Waals surface area contributed by atoms with Gasteiger partial charge in [-0.05, 0) is 42.5 Å². The number of halogens is 2. The fraction of sp³-hybridized carbons (Fsp3) is 0.200. The zero-order valence-electron chi connectivity index (χ0n) is 16.7. The number of rotatable bonds is 8. The Bertz CT molecular complexity index is 1090. The summed E-state index contributed by atoms with van der Waals surface area (Å²) < 4.78 is 20.5. The minimum absolute atomic E-state index is 0.00620. The van der Waals surface area contributed by atoms with E-state index in [2.05, 4.69) is 20.8 Å². The van der Waals surface area contributed by atoms with Crippen molar-refractivity contribution in [3.8, 4) is 5.75 Å². The predicted octanol–water partition coefficient (Wildman–Crippen LogP) is 3.28. The van der Waals surface area contributed by atoms with E-state index < -0.39 is 11.7 Å². The summed E-state index contributed by atoms with van der Waals surface area (Å²) in [6.07, 6.45) is 0. The van der Waals surface area contributed by atoms with Crippen LogP contribution >= 0.6 is 23.4 Å². The molecule has 0 aliphatic rings. The van der Waals surface area contributed by atoms with Crippen molar-refractivity contribution in [1.29, 1.82) is 0 Å². The van der Waals surface area contributed by atoms with Gasteiger partial charge in [-0.1, -0.05) is 23.4 Å². The summed E-state index contributed by atoms with van der Waals surface area (Å²) in [5, 5.41) is 14.1. The van der Waals surface area contributed by atoms with Crippen molar-refractivity contribution in [2.75, 3.05) is 18.2 Å². The monoisotopic (exact) mass is 463 g/mol. The van der Waals surface area contributed by atoms with Gasteiger partial charge in [-0.3, -0.25) is 9.59 Å². The quantitative estimate of drug-likeness (QED) is 0.497. The number of nitrogens with zero attached hydrogens (tertiary/aromatic N) is 3. The van der Waals surface area contributed by atoms with E-state index in [1.165, 1.54) is 12.1 Å². The molecule has 1 aromatic heterocycles. The average molecular weight is 464 g/mol. The maximum atomic E-state index is 13.8. The molecule has 3 rings (SSSR count). The van der Waals surface area contributed by atoms with Crippen molar-refractivity contribution in [2.45, 2.75) is 11.7 Å². The standard InChI is InChI=1S/C20H19ClFN5O3S/c1-27-17(10-23-19(29)12-3-6-14(30-2)7-4-12)25-26-20(27)31-11-18(28)24-16-8-5-13(21)9-15(16)22/h3-9H,10-11H2,1-2H3,(H,23,29)(H,24,28). The molecule has 2 aromatic carbocycles. The van der Waals surface area contributed by atoms with Gasteiger partial charge in [0.05, 0.1) is 25.1 Å². The van der Waals surface area contributed by atoms with Gasteiger partial charge >= 0.3 is 0 Å². The van der Waals surface area contributed by atoms with E-state index in [1.807, 2.05) is 0 Å². The van der Waals surface area contributed by atoms with Gasteiger partial charge in [0.2, 0.25) is 5.91 Å². The van der Waals surface area contributed by atoms with Crippen LogP contribution < -0.4 is 15.4 Å². The molecule has 0 atom stereocenters. The zero-order chi connectivity index (χ0) is 22.4. The Hall–Kier alpha value is -3.11. The molecule has 1 heterocycles. The highest BCUT2D eigenvalue weighted by Gasteiger charge is 2.14. The number of hydrogen-bond acceptors (Lipinski definition) is 6. The molecular weight excluding hydrogens is 445 g/mol. The maximum Gasteiger partial charge on any atom is 0.251 e. The Kier molecular flexibility index (Phi) is 7.48. The van der Waals surface area contributed by atoms with Gasteiger partial charge in [-0.25, -0.2) is 4.39 Å². The first-order valence-corrected chi connectivity index (χ1v) is 10.4. The van der Waals surface area contributed by atoms with E-state index in [0.29, 0.717) is 22.3 Å². The largest absolute Gasteiger partial charge is 0.497 e. The number of benzene rings is 2. The third-order valence-corrected chi connectivity index (χ3v) is 5.48. The van der Waals surface area contributed by atoms with E-state index in [4.69, 9.17) is 16.3 Å². The van der Waals surface area contributed by atoms with Crippen molar-refractivity contribution >= 4 is 40.9 Å². The van der Waals surface area contributed by atoms with E-state index in [9.17, 15) is 14.0 Å². The number of anilines is 1. The van der Waals surface area contributed by atoms with Gasteiger partial charge < -0.3 is 19.9 Å². The first kappa shape index (κ1) is 22.6. The van der Waals surface area contributed by atoms with Crippen molar-refractivity contribution in [3.05, 3.63) is 64.7 Å². The molecule has 0 spiro atoms. The molecule has 0 saturated heterocycles. The first-order chi connectivity index (χ1) is 14.9. The molecule has 3 aromatic rings. The van der Waals surface area contributed by atoms with Crippen molar-refractivity contribution in [2.24, 2.45) is 7.05 Å². The topological polar surface area (TPSA) is 98.1 Å². The van der Waals surface area contributed by atoms with Gasteiger partial charge in [0, 0.05) is 17.6 Å². The summed E-state index contributed by atoms with van der Waals surface area (Å²) in [5.74, 6) is -0.0817. The van der Waals surface area contributed by atoms with Crippen LogP contribution in [0.1, 0.15) is 16.2 Å². The van der Waals surface area contributed by atoms with Gasteiger partial charge in [0.25, 0.3) is 5.91 Å². The van der Waals surface area contributed by atoms with E-state index in [1.54, 1.807) is 43.0 Å². The summed E-state index contributed by atoms with van der Waals surface area (Å²) in [6, 6.07) is 10.7. The summed E-state index contributed by atoms with van der Waals surface area (Å²) in [7, 11) is 3.28. The third-order valence-electron chi connectivity index (χ3n) is 4.22. The Balaban J connectivity index is 1.52. The highest BCUT2D eigenvalue weighted by Crippen LogP contribution is 2.20. The average Bonchev–Trinajstić information content (AvgIpc) is 3.12. The van der Waals surface area contributed by atoms with Crippen LogP contribution in [-0.2, 0) is 18.4 Å². The van der Waals surface area contributed by atoms with Crippen LogP contribution in [0.2, 0.25) is 5.02 Å². The highest BCUT2D eigenvalue weighted by atomic mass is 35.5. The zero-order valence-corrected chi connectivity index (χ0v) is 18.3. The molecule has 0 aliphatic heterocycles. The van der Waals surface area contributed by atoms with Crippen molar-refractivity contribution in [1.82, 2.24) is 20.1 Å². The minimum atomic E-state index is -0.612. The second-order valence-electron chi connectivity index (χ2n) is 6.33. The number of methoxy groups -OCH3 is 1. The molecule has 2 amide bonds. The molecule has 0 unspecified atom stereocenters. The molecular formula is C20H19ClFN5O3S. The maximum absolute atomic E-state index is 13.8. The molecule has 31 heavy (non-hydrogen) atoms. The second kappa shape index (κ2) is 10.3. The number of carbonyl (C=O) groups excluding carboxylic acids is 2. The van der Waals surface area contributed by atoms with Crippen molar-refractivity contribution < 1.29 is 18.7 Å². The van der Waals surface area contributed by atoms with Crippen molar-refractivity contribution in [3.63, 3.8) is 0 Å². The molecule has 0 bridgehead atoms. The summed E-state index contributed by atoms with van der Waals surface area (Å²) >= 11 is 6.84. The lowest BCUT2D eigenvalue weighted by molar-refractivity contribution is -0.113. The third kappa shape index (κ3) is 5.96.